The van der Waals surface area contributed by atoms with Crippen molar-refractivity contribution in [2.75, 3.05) is 31.6 Å². The average Bonchev–Trinajstić information content (AvgIpc) is 3.03. The van der Waals surface area contributed by atoms with Gasteiger partial charge in [-0.2, -0.15) is 0 Å². The highest BCUT2D eigenvalue weighted by Gasteiger charge is 2.23. The molecule has 3 rings (SSSR count). The molecule has 2 heterocycles. The van der Waals surface area contributed by atoms with E-state index in [0.29, 0.717) is 30.8 Å². The van der Waals surface area contributed by atoms with E-state index in [1.165, 1.54) is 0 Å². The number of hydrogen-bond donors (Lipinski definition) is 2. The minimum Gasteiger partial charge on any atom is -0.382 e. The van der Waals surface area contributed by atoms with Crippen LogP contribution in [0, 0.1) is 11.8 Å². The molecule has 1 fully saturated rings. The third-order valence-corrected chi connectivity index (χ3v) is 5.48. The third-order valence-electron chi connectivity index (χ3n) is 5.48. The molecule has 0 aliphatic carbocycles. The molecule has 1 aromatic carbocycles. The number of halogens is 1. The Hall–Kier alpha value is -1.63. The molecule has 0 bridgehead atoms. The van der Waals surface area contributed by atoms with Crippen molar-refractivity contribution in [2.45, 2.75) is 46.1 Å². The first kappa shape index (κ1) is 22.7. The Morgan fingerprint density at radius 1 is 1.36 bits per heavy atom. The quantitative estimate of drug-likeness (QED) is 0.618. The number of fused-ring (bicyclic) bond motifs is 1. The predicted octanol–water partition coefficient (Wildman–Crippen LogP) is 3.85. The van der Waals surface area contributed by atoms with Gasteiger partial charge in [0.1, 0.15) is 0 Å². The van der Waals surface area contributed by atoms with Crippen LogP contribution < -0.4 is 10.6 Å². The summed E-state index contributed by atoms with van der Waals surface area (Å²) in [7, 11) is 0. The monoisotopic (exact) mass is 408 g/mol. The van der Waals surface area contributed by atoms with E-state index in [-0.39, 0.29) is 18.3 Å². The predicted molar refractivity (Wildman–Crippen MR) is 116 cm³/mol. The summed E-state index contributed by atoms with van der Waals surface area (Å²) in [5.41, 5.74) is 1.96. The number of rotatable bonds is 9. The number of aromatic nitrogens is 2. The van der Waals surface area contributed by atoms with Gasteiger partial charge in [-0.05, 0) is 63.2 Å². The molecule has 28 heavy (non-hydrogen) atoms. The van der Waals surface area contributed by atoms with E-state index in [2.05, 4.69) is 33.2 Å². The van der Waals surface area contributed by atoms with E-state index in [4.69, 9.17) is 4.74 Å². The highest BCUT2D eigenvalue weighted by atomic mass is 35.5. The number of imidazole rings is 1. The first-order valence-corrected chi connectivity index (χ1v) is 10.2. The standard InChI is InChI=1S/C21H32N4O2.ClH/c1-3-27-14-6-13-25-19-8-5-4-7-18(19)23-21(25)24-20(26)15-16(2)17-9-11-22-12-10-17;/h4-5,7-8,16-17,22H,3,6,9-15H2,1-2H3,(H,23,24,26);1H. The van der Waals surface area contributed by atoms with Crippen molar-refractivity contribution in [3.8, 4) is 0 Å². The minimum absolute atomic E-state index is 0. The van der Waals surface area contributed by atoms with Crippen molar-refractivity contribution in [1.29, 1.82) is 0 Å². The molecular weight excluding hydrogens is 376 g/mol. The zero-order chi connectivity index (χ0) is 19.1. The molecule has 0 saturated carbocycles. The SMILES string of the molecule is CCOCCCn1c(NC(=O)CC(C)C2CCNCC2)nc2ccccc21.Cl. The van der Waals surface area contributed by atoms with Crippen molar-refractivity contribution in [1.82, 2.24) is 14.9 Å². The molecule has 6 nitrogen and oxygen atoms in total. The zero-order valence-electron chi connectivity index (χ0n) is 16.9. The normalized spacial score (nSPS) is 15.9. The molecule has 156 valence electrons. The van der Waals surface area contributed by atoms with Crippen molar-refractivity contribution >= 4 is 35.3 Å². The number of para-hydroxylation sites is 2. The number of carbonyl (C=O) groups excluding carboxylic acids is 1. The largest absolute Gasteiger partial charge is 0.382 e. The average molecular weight is 409 g/mol. The lowest BCUT2D eigenvalue weighted by atomic mass is 9.84. The number of hydrogen-bond acceptors (Lipinski definition) is 4. The smallest absolute Gasteiger partial charge is 0.226 e. The summed E-state index contributed by atoms with van der Waals surface area (Å²) in [5, 5.41) is 6.46. The molecule has 0 radical (unpaired) electrons. The van der Waals surface area contributed by atoms with Gasteiger partial charge in [0.15, 0.2) is 0 Å². The van der Waals surface area contributed by atoms with E-state index in [1.54, 1.807) is 0 Å². The number of nitrogens with zero attached hydrogens (tertiary/aromatic N) is 2. The summed E-state index contributed by atoms with van der Waals surface area (Å²) in [5.74, 6) is 1.72. The van der Waals surface area contributed by atoms with E-state index in [1.807, 2.05) is 25.1 Å². The molecular formula is C21H33ClN4O2. The number of ether oxygens (including phenoxy) is 1. The second-order valence-electron chi connectivity index (χ2n) is 7.44. The lowest BCUT2D eigenvalue weighted by molar-refractivity contribution is -0.117. The molecule has 1 atom stereocenters. The van der Waals surface area contributed by atoms with Crippen LogP contribution in [-0.4, -0.2) is 41.8 Å². The number of aryl methyl sites for hydroxylation is 1. The van der Waals surface area contributed by atoms with Gasteiger partial charge in [-0.15, -0.1) is 12.4 Å². The van der Waals surface area contributed by atoms with Crippen molar-refractivity contribution < 1.29 is 9.53 Å². The number of amides is 1. The Morgan fingerprint density at radius 3 is 2.86 bits per heavy atom. The molecule has 1 saturated heterocycles. The van der Waals surface area contributed by atoms with Crippen LogP contribution in [0.25, 0.3) is 11.0 Å². The Kier molecular flexibility index (Phi) is 9.22. The lowest BCUT2D eigenvalue weighted by Gasteiger charge is -2.27. The van der Waals surface area contributed by atoms with Crippen LogP contribution in [0.1, 0.15) is 39.5 Å². The zero-order valence-corrected chi connectivity index (χ0v) is 17.8. The first-order chi connectivity index (χ1) is 13.2. The number of nitrogens with one attached hydrogen (secondary N) is 2. The molecule has 1 aliphatic rings. The van der Waals surface area contributed by atoms with Crippen LogP contribution in [0.3, 0.4) is 0 Å². The van der Waals surface area contributed by atoms with Crippen LogP contribution in [0.15, 0.2) is 24.3 Å². The van der Waals surface area contributed by atoms with Crippen molar-refractivity contribution in [3.05, 3.63) is 24.3 Å². The Morgan fingerprint density at radius 2 is 2.11 bits per heavy atom. The summed E-state index contributed by atoms with van der Waals surface area (Å²) in [6, 6.07) is 8.02. The van der Waals surface area contributed by atoms with Crippen LogP contribution in [0.4, 0.5) is 5.95 Å². The molecule has 2 N–H and O–H groups in total. The molecule has 1 amide bonds. The Bertz CT molecular complexity index is 743. The van der Waals surface area contributed by atoms with Gasteiger partial charge < -0.3 is 14.6 Å². The van der Waals surface area contributed by atoms with Crippen LogP contribution in [0.5, 0.6) is 0 Å². The highest BCUT2D eigenvalue weighted by Crippen LogP contribution is 2.25. The van der Waals surface area contributed by atoms with E-state index < -0.39 is 0 Å². The fourth-order valence-electron chi connectivity index (χ4n) is 3.91. The minimum atomic E-state index is 0. The third kappa shape index (κ3) is 5.93. The highest BCUT2D eigenvalue weighted by molar-refractivity contribution is 5.91. The second-order valence-corrected chi connectivity index (χ2v) is 7.44. The van der Waals surface area contributed by atoms with Gasteiger partial charge in [0.25, 0.3) is 0 Å². The summed E-state index contributed by atoms with van der Waals surface area (Å²) in [6.07, 6.45) is 3.75. The topological polar surface area (TPSA) is 68.2 Å². The van der Waals surface area contributed by atoms with Gasteiger partial charge >= 0.3 is 0 Å². The maximum Gasteiger partial charge on any atom is 0.226 e. The van der Waals surface area contributed by atoms with Gasteiger partial charge in [0.2, 0.25) is 11.9 Å². The number of piperidine rings is 1. The molecule has 1 unspecified atom stereocenters. The van der Waals surface area contributed by atoms with Gasteiger partial charge in [-0.3, -0.25) is 10.1 Å². The lowest BCUT2D eigenvalue weighted by Crippen LogP contribution is -2.32. The Labute approximate surface area is 173 Å². The van der Waals surface area contributed by atoms with Gasteiger partial charge in [0, 0.05) is 26.2 Å². The van der Waals surface area contributed by atoms with Crippen molar-refractivity contribution in [3.63, 3.8) is 0 Å². The van der Waals surface area contributed by atoms with E-state index >= 15 is 0 Å². The van der Waals surface area contributed by atoms with Crippen LogP contribution in [0.2, 0.25) is 0 Å². The molecule has 7 heteroatoms. The molecule has 1 aliphatic heterocycles. The Balaban J connectivity index is 0.00000280. The molecule has 1 aromatic heterocycles. The first-order valence-electron chi connectivity index (χ1n) is 10.2. The van der Waals surface area contributed by atoms with Crippen LogP contribution >= 0.6 is 12.4 Å². The summed E-state index contributed by atoms with van der Waals surface area (Å²) < 4.78 is 7.56. The fourth-order valence-corrected chi connectivity index (χ4v) is 3.91. The fraction of sp³-hybridized carbons (Fsp3) is 0.619. The number of anilines is 1. The second kappa shape index (κ2) is 11.4. The summed E-state index contributed by atoms with van der Waals surface area (Å²) >= 11 is 0. The summed E-state index contributed by atoms with van der Waals surface area (Å²) in [4.78, 5) is 17.3. The van der Waals surface area contributed by atoms with E-state index in [9.17, 15) is 4.79 Å². The maximum atomic E-state index is 12.7. The maximum absolute atomic E-state index is 12.7. The number of carbonyl (C=O) groups is 1. The van der Waals surface area contributed by atoms with Crippen LogP contribution in [-0.2, 0) is 16.1 Å². The summed E-state index contributed by atoms with van der Waals surface area (Å²) in [6.45, 7) is 8.53. The van der Waals surface area contributed by atoms with Gasteiger partial charge in [0.05, 0.1) is 11.0 Å². The van der Waals surface area contributed by atoms with Gasteiger partial charge in [-0.1, -0.05) is 19.1 Å². The number of benzene rings is 1. The molecule has 0 spiro atoms. The molecule has 2 aromatic rings. The van der Waals surface area contributed by atoms with Gasteiger partial charge in [-0.25, -0.2) is 4.98 Å². The van der Waals surface area contributed by atoms with Crippen molar-refractivity contribution in [2.24, 2.45) is 11.8 Å². The van der Waals surface area contributed by atoms with E-state index in [0.717, 1.165) is 56.5 Å².